The van der Waals surface area contributed by atoms with Gasteiger partial charge in [0.05, 0.1) is 50.7 Å². The normalized spacial score (nSPS) is 12.8. The summed E-state index contributed by atoms with van der Waals surface area (Å²) >= 11 is 5.44. The Labute approximate surface area is 355 Å². The number of hydrogen-bond donors (Lipinski definition) is 8. The van der Waals surface area contributed by atoms with Gasteiger partial charge >= 0.3 is 37.2 Å². The molecular weight excluding hydrogens is 841 g/mol. The van der Waals surface area contributed by atoms with E-state index in [-0.39, 0.29) is 26.2 Å². The molecule has 2 atom stereocenters. The van der Waals surface area contributed by atoms with Crippen molar-refractivity contribution in [1.29, 1.82) is 0 Å². The van der Waals surface area contributed by atoms with Gasteiger partial charge in [-0.3, -0.25) is 52.5 Å². The van der Waals surface area contributed by atoms with Crippen LogP contribution in [0.2, 0.25) is 0 Å². The van der Waals surface area contributed by atoms with Gasteiger partial charge in [0.2, 0.25) is 0 Å². The fourth-order valence-corrected chi connectivity index (χ4v) is 7.18. The third-order valence-electron chi connectivity index (χ3n) is 8.79. The molecule has 0 aliphatic rings. The molecule has 61 heavy (non-hydrogen) atoms. The molecule has 2 aromatic heterocycles. The number of carbonyl (C=O) groups is 4. The molecule has 0 fully saturated rings. The number of aliphatic hydroxyl groups is 1. The number of carboxylic acids is 4. The number of hydrogen-bond acceptors (Lipinski definition) is 13. The Morgan fingerprint density at radius 1 is 0.820 bits per heavy atom. The number of nitrogens with one attached hydrogen (secondary N) is 2. The summed E-state index contributed by atoms with van der Waals surface area (Å²) in [6, 6.07) is 12.1. The summed E-state index contributed by atoms with van der Waals surface area (Å²) in [6.45, 7) is -1.58. The first-order chi connectivity index (χ1) is 28.8. The van der Waals surface area contributed by atoms with Crippen molar-refractivity contribution in [1.82, 2.24) is 29.2 Å². The lowest BCUT2D eigenvalue weighted by atomic mass is 10.0. The maximum atomic E-state index is 12.9. The van der Waals surface area contributed by atoms with E-state index in [1.54, 1.807) is 12.1 Å². The Balaban J connectivity index is 1.52. The van der Waals surface area contributed by atoms with Gasteiger partial charge in [0.25, 0.3) is 5.56 Å². The topological polar surface area (TPSA) is 303 Å². The second-order valence-electron chi connectivity index (χ2n) is 14.3. The van der Waals surface area contributed by atoms with Crippen molar-refractivity contribution in [2.45, 2.75) is 70.8 Å². The molecule has 8 N–H and O–H groups in total. The Bertz CT molecular complexity index is 2060. The molecule has 2 unspecified atom stereocenters. The molecule has 1 aromatic carbocycles. The summed E-state index contributed by atoms with van der Waals surface area (Å²) in [4.78, 5) is 87.1. The van der Waals surface area contributed by atoms with E-state index in [9.17, 15) is 63.8 Å². The summed E-state index contributed by atoms with van der Waals surface area (Å²) in [6.07, 6.45) is 4.00. The van der Waals surface area contributed by atoms with Crippen molar-refractivity contribution in [3.8, 4) is 0 Å². The van der Waals surface area contributed by atoms with Crippen LogP contribution in [0.15, 0.2) is 58.3 Å². The number of anilines is 1. The number of benzene rings is 1. The van der Waals surface area contributed by atoms with Crippen LogP contribution in [0.5, 0.6) is 0 Å². The second kappa shape index (κ2) is 24.8. The van der Waals surface area contributed by atoms with Gasteiger partial charge in [0, 0.05) is 50.8 Å². The summed E-state index contributed by atoms with van der Waals surface area (Å²) in [7, 11) is -3.91. The molecule has 0 aliphatic carbocycles. The highest BCUT2D eigenvalue weighted by molar-refractivity contribution is 7.80. The van der Waals surface area contributed by atoms with Gasteiger partial charge in [-0.15, -0.1) is 0 Å². The Hall–Kier alpha value is -5.35. The lowest BCUT2D eigenvalue weighted by Crippen LogP contribution is -2.41. The first kappa shape index (κ1) is 50.0. The fourth-order valence-electron chi connectivity index (χ4n) is 6.27. The average Bonchev–Trinajstić information content (AvgIpc) is 3.14. The van der Waals surface area contributed by atoms with Crippen LogP contribution in [0.25, 0.3) is 0 Å². The van der Waals surface area contributed by atoms with Gasteiger partial charge in [-0.2, -0.15) is 0 Å². The largest absolute Gasteiger partial charge is 0.480 e. The third kappa shape index (κ3) is 19.7. The van der Waals surface area contributed by atoms with Gasteiger partial charge in [-0.25, -0.2) is 4.79 Å². The predicted molar refractivity (Wildman–Crippen MR) is 225 cm³/mol. The highest BCUT2D eigenvalue weighted by Gasteiger charge is 2.21. The minimum atomic E-state index is -3.91. The van der Waals surface area contributed by atoms with Gasteiger partial charge < -0.3 is 45.6 Å². The third-order valence-corrected chi connectivity index (χ3v) is 9.73. The van der Waals surface area contributed by atoms with Crippen LogP contribution in [-0.2, 0) is 67.3 Å². The minimum Gasteiger partial charge on any atom is -0.480 e. The maximum absolute atomic E-state index is 12.9. The number of pyridine rings is 1. The zero-order chi connectivity index (χ0) is 45.1. The molecule has 0 amide bonds. The van der Waals surface area contributed by atoms with Crippen molar-refractivity contribution >= 4 is 54.5 Å². The first-order valence-electron chi connectivity index (χ1n) is 19.1. The molecule has 23 heteroatoms. The molecule has 0 saturated carbocycles. The summed E-state index contributed by atoms with van der Waals surface area (Å²) < 4.78 is 18.7. The van der Waals surface area contributed by atoms with Crippen LogP contribution < -0.4 is 21.9 Å². The summed E-state index contributed by atoms with van der Waals surface area (Å²) in [5.41, 5.74) is 2.03. The van der Waals surface area contributed by atoms with Gasteiger partial charge in [0.1, 0.15) is 6.10 Å². The van der Waals surface area contributed by atoms with E-state index in [1.165, 1.54) is 22.1 Å². The molecule has 0 spiro atoms. The Kier molecular flexibility index (Phi) is 20.3. The zero-order valence-electron chi connectivity index (χ0n) is 33.6. The van der Waals surface area contributed by atoms with E-state index in [0.717, 1.165) is 51.9 Å². The fraction of sp³-hybridized carbons (Fsp3) is 0.474. The van der Waals surface area contributed by atoms with Crippen molar-refractivity contribution in [2.24, 2.45) is 0 Å². The standard InChI is InChI=1S/C38H52N7O14PS/c1-60(57,58)59-31(25-46)20-44-15-12-32(47)45(38(44)56)14-5-3-2-4-13-39-37(61)41-28-10-8-26(9-11-28)6-7-27-16-29(18-42(21-33(48)49)22-34(50)51)40-30(17-27)19-43(23-35(52)53)24-36(54)55/h8-12,15-17,31,46H,2-7,13-14,18-25H2,1H3,(H,48,49)(H,50,51)(H,52,53)(H,54,55)(H,57,58)(H2,39,41,61). The Morgan fingerprint density at radius 2 is 1.34 bits per heavy atom. The van der Waals surface area contributed by atoms with Crippen molar-refractivity contribution < 1.29 is 58.7 Å². The van der Waals surface area contributed by atoms with Crippen molar-refractivity contribution in [3.63, 3.8) is 0 Å². The van der Waals surface area contributed by atoms with Crippen LogP contribution in [0, 0.1) is 0 Å². The molecule has 3 rings (SSSR count). The molecule has 21 nitrogen and oxygen atoms in total. The molecule has 334 valence electrons. The molecular formula is C38H52N7O14PS. The average molecular weight is 894 g/mol. The van der Waals surface area contributed by atoms with Crippen molar-refractivity contribution in [2.75, 3.05) is 51.3 Å². The highest BCUT2D eigenvalue weighted by atomic mass is 32.1. The predicted octanol–water partition coefficient (Wildman–Crippen LogP) is 0.872. The highest BCUT2D eigenvalue weighted by Crippen LogP contribution is 2.38. The summed E-state index contributed by atoms with van der Waals surface area (Å²) in [5, 5.41) is 53.3. The minimum absolute atomic E-state index is 0.128. The zero-order valence-corrected chi connectivity index (χ0v) is 35.3. The first-order valence-corrected chi connectivity index (χ1v) is 21.6. The van der Waals surface area contributed by atoms with E-state index in [0.29, 0.717) is 42.3 Å². The van der Waals surface area contributed by atoms with E-state index < -0.39 is 81.6 Å². The van der Waals surface area contributed by atoms with E-state index >= 15 is 0 Å². The van der Waals surface area contributed by atoms with Crippen LogP contribution in [0.4, 0.5) is 5.69 Å². The maximum Gasteiger partial charge on any atom is 0.331 e. The number of aliphatic hydroxyl groups excluding tert-OH is 1. The molecule has 0 bridgehead atoms. The second-order valence-corrected chi connectivity index (χ2v) is 16.5. The number of carboxylic acid groups (broad SMARTS) is 4. The van der Waals surface area contributed by atoms with Crippen LogP contribution >= 0.6 is 19.8 Å². The number of aryl methyl sites for hydroxylation is 2. The van der Waals surface area contributed by atoms with Gasteiger partial charge in [-0.05, 0) is 73.3 Å². The molecule has 2 heterocycles. The van der Waals surface area contributed by atoms with Crippen molar-refractivity contribution in [3.05, 3.63) is 92.0 Å². The van der Waals surface area contributed by atoms with Gasteiger partial charge in [-0.1, -0.05) is 25.0 Å². The molecule has 0 radical (unpaired) electrons. The number of unbranched alkanes of at least 4 members (excludes halogenated alkanes) is 3. The van der Waals surface area contributed by atoms with Crippen LogP contribution in [0.1, 0.15) is 48.2 Å². The lowest BCUT2D eigenvalue weighted by Gasteiger charge is -2.21. The van der Waals surface area contributed by atoms with E-state index in [4.69, 9.17) is 16.7 Å². The smallest absolute Gasteiger partial charge is 0.331 e. The van der Waals surface area contributed by atoms with Crippen LogP contribution in [0.3, 0.4) is 0 Å². The number of rotatable bonds is 28. The van der Waals surface area contributed by atoms with Crippen LogP contribution in [-0.4, -0.2) is 135 Å². The molecule has 3 aromatic rings. The van der Waals surface area contributed by atoms with E-state index in [2.05, 4.69) is 15.6 Å². The van der Waals surface area contributed by atoms with Gasteiger partial charge in [0.15, 0.2) is 5.11 Å². The number of nitrogens with zero attached hydrogens (tertiary/aromatic N) is 5. The Morgan fingerprint density at radius 3 is 1.85 bits per heavy atom. The number of thiocarbonyl (C=S) groups is 1. The monoisotopic (exact) mass is 893 g/mol. The SMILES string of the molecule is CP(=O)(O)OC(CO)Cn1ccc(=O)n(CCCCCCNC(=S)Nc2ccc(CCc3cc(CN(CC(=O)O)CC(=O)O)nc(CN(CC(=O)O)CC(=O)O)c3)cc2)c1=O. The lowest BCUT2D eigenvalue weighted by molar-refractivity contribution is -0.144. The number of aromatic nitrogens is 3. The molecule has 0 saturated heterocycles. The summed E-state index contributed by atoms with van der Waals surface area (Å²) in [5.74, 6) is -4.92. The quantitative estimate of drug-likeness (QED) is 0.0285. The number of aliphatic carboxylic acids is 4. The van der Waals surface area contributed by atoms with E-state index in [1.807, 2.05) is 24.3 Å². The molecule has 0 aliphatic heterocycles.